The number of aromatic nitrogens is 4. The maximum absolute atomic E-state index is 13.2. The van der Waals surface area contributed by atoms with Gasteiger partial charge in [0.15, 0.2) is 23.2 Å². The quantitative estimate of drug-likeness (QED) is 0.0455. The molecule has 7 rings (SSSR count). The predicted molar refractivity (Wildman–Crippen MR) is 238 cm³/mol. The fraction of sp³-hybridized carbons (Fsp3) is 0.340. The Balaban J connectivity index is 1.34. The van der Waals surface area contributed by atoms with Gasteiger partial charge in [0.1, 0.15) is 41.7 Å². The fourth-order valence-corrected chi connectivity index (χ4v) is 9.43. The summed E-state index contributed by atoms with van der Waals surface area (Å²) in [5, 5.41) is 24.9. The average molecular weight is 874 g/mol. The molecule has 15 nitrogen and oxygen atoms in total. The van der Waals surface area contributed by atoms with E-state index in [-0.39, 0.29) is 43.4 Å². The molecule has 0 aliphatic carbocycles. The van der Waals surface area contributed by atoms with Crippen LogP contribution in [0.25, 0.3) is 11.2 Å². The van der Waals surface area contributed by atoms with Crippen molar-refractivity contribution in [1.29, 1.82) is 5.26 Å². The molecule has 1 amide bonds. The van der Waals surface area contributed by atoms with E-state index in [1.165, 1.54) is 12.7 Å². The van der Waals surface area contributed by atoms with Crippen molar-refractivity contribution in [3.05, 3.63) is 144 Å². The Kier molecular flexibility index (Phi) is 14.8. The molecule has 2 aromatic heterocycles. The van der Waals surface area contributed by atoms with Crippen molar-refractivity contribution < 1.29 is 37.9 Å². The van der Waals surface area contributed by atoms with E-state index in [9.17, 15) is 15.2 Å². The smallest absolute Gasteiger partial charge is 0.259 e. The highest BCUT2D eigenvalue weighted by atomic mass is 31.2. The second kappa shape index (κ2) is 20.6. The van der Waals surface area contributed by atoms with Gasteiger partial charge < -0.3 is 38.4 Å². The van der Waals surface area contributed by atoms with Crippen LogP contribution in [0, 0.1) is 11.3 Å². The highest BCUT2D eigenvalue weighted by Gasteiger charge is 2.52. The number of nitriles is 1. The van der Waals surface area contributed by atoms with E-state index in [1.807, 2.05) is 84.9 Å². The van der Waals surface area contributed by atoms with Crippen LogP contribution in [-0.4, -0.2) is 93.0 Å². The van der Waals surface area contributed by atoms with Crippen LogP contribution in [0.1, 0.15) is 67.4 Å². The van der Waals surface area contributed by atoms with Crippen LogP contribution in [0.3, 0.4) is 0 Å². The van der Waals surface area contributed by atoms with Crippen molar-refractivity contribution in [2.24, 2.45) is 0 Å². The number of carbonyl (C=O) groups is 1. The molecule has 16 heteroatoms. The molecule has 6 aromatic rings. The first-order valence-corrected chi connectivity index (χ1v) is 21.8. The molecule has 3 heterocycles. The van der Waals surface area contributed by atoms with Gasteiger partial charge in [-0.15, -0.1) is 0 Å². The molecule has 0 bridgehead atoms. The Morgan fingerprint density at radius 2 is 1.44 bits per heavy atom. The lowest BCUT2D eigenvalue weighted by molar-refractivity contribution is -0.111. The summed E-state index contributed by atoms with van der Waals surface area (Å²) < 4.78 is 42.2. The van der Waals surface area contributed by atoms with E-state index < -0.39 is 38.7 Å². The van der Waals surface area contributed by atoms with Gasteiger partial charge in [-0.1, -0.05) is 72.8 Å². The highest BCUT2D eigenvalue weighted by molar-refractivity contribution is 7.44. The maximum Gasteiger partial charge on any atom is 0.259 e. The molecule has 2 N–H and O–H groups in total. The molecule has 0 spiro atoms. The number of methoxy groups -OCH3 is 2. The number of rotatable bonds is 19. The lowest BCUT2D eigenvalue weighted by Gasteiger charge is -2.40. The van der Waals surface area contributed by atoms with Crippen LogP contribution in [0.2, 0.25) is 0 Å². The number of carbonyl (C=O) groups excluding carboxylic acids is 1. The van der Waals surface area contributed by atoms with Crippen LogP contribution in [-0.2, 0) is 24.1 Å². The molecule has 328 valence electrons. The lowest BCUT2D eigenvalue weighted by Crippen LogP contribution is -2.45. The summed E-state index contributed by atoms with van der Waals surface area (Å²) in [4.78, 5) is 26.7. The zero-order valence-electron chi connectivity index (χ0n) is 36.1. The molecule has 1 aliphatic rings. The molecule has 5 atom stereocenters. The SMILES string of the molecule is COc1ccc(C(O[C@H]2[C@@H](O)[C@H](n3cnc4c(NC(=O)c5ccccc5)ncnc43)O[C@@H]2COP(OCCC#N)N(C(C)C)C(C)C)(c2ccccc2)c2ccc(OC)cc2)cc1. The number of fused-ring (bicyclic) bond motifs is 1. The highest BCUT2D eigenvalue weighted by Crippen LogP contribution is 2.49. The normalized spacial score (nSPS) is 18.2. The standard InChI is InChI=1S/C47H52N7O8P/c1-31(2)54(32(3)4)63(59-27-13-26-48)60-28-39-42(41(55)46(61-39)53-30-51-40-43(49-29-50-44(40)53)52-45(56)33-14-9-7-10-15-33)62-47(34-16-11-8-12-17-34,35-18-22-37(57-5)23-19-35)36-20-24-38(58-6)25-21-36/h7-12,14-25,29-32,39,41-42,46,55H,13,27-28H2,1-6H3,(H,49,50,52,56)/t39-,41-,42-,46-,63?/m1/s1. The number of hydrogen-bond acceptors (Lipinski definition) is 13. The Morgan fingerprint density at radius 1 is 0.857 bits per heavy atom. The summed E-state index contributed by atoms with van der Waals surface area (Å²) in [6.45, 7) is 8.34. The van der Waals surface area contributed by atoms with Crippen LogP contribution >= 0.6 is 8.53 Å². The molecule has 1 fully saturated rings. The van der Waals surface area contributed by atoms with Crippen molar-refractivity contribution in [2.75, 3.05) is 32.8 Å². The van der Waals surface area contributed by atoms with Crippen LogP contribution in [0.5, 0.6) is 11.5 Å². The van der Waals surface area contributed by atoms with E-state index in [2.05, 4.69) is 58.7 Å². The summed E-state index contributed by atoms with van der Waals surface area (Å²) in [5.74, 6) is 1.14. The Bertz CT molecular complexity index is 2400. The second-order valence-corrected chi connectivity index (χ2v) is 16.8. The topological polar surface area (TPSA) is 175 Å². The predicted octanol–water partition coefficient (Wildman–Crippen LogP) is 8.02. The third kappa shape index (κ3) is 9.73. The van der Waals surface area contributed by atoms with Crippen molar-refractivity contribution in [2.45, 2.75) is 76.3 Å². The molecular formula is C47H52N7O8P. The number of aliphatic hydroxyl groups is 1. The van der Waals surface area contributed by atoms with Crippen LogP contribution in [0.4, 0.5) is 5.82 Å². The number of anilines is 1. The number of ether oxygens (including phenoxy) is 4. The zero-order chi connectivity index (χ0) is 44.5. The summed E-state index contributed by atoms with van der Waals surface area (Å²) >= 11 is 0. The van der Waals surface area contributed by atoms with Crippen molar-refractivity contribution in [3.8, 4) is 17.6 Å². The van der Waals surface area contributed by atoms with Crippen LogP contribution in [0.15, 0.2) is 122 Å². The van der Waals surface area contributed by atoms with Gasteiger partial charge in [-0.05, 0) is 80.8 Å². The number of benzene rings is 4. The molecule has 4 aromatic carbocycles. The average Bonchev–Trinajstić information content (AvgIpc) is 3.88. The third-order valence-corrected chi connectivity index (χ3v) is 12.8. The summed E-state index contributed by atoms with van der Waals surface area (Å²) in [6.07, 6.45) is -1.41. The summed E-state index contributed by atoms with van der Waals surface area (Å²) in [5.41, 5.74) is 2.00. The number of amides is 1. The minimum Gasteiger partial charge on any atom is -0.497 e. The van der Waals surface area contributed by atoms with E-state index in [0.717, 1.165) is 16.7 Å². The number of hydrogen-bond donors (Lipinski definition) is 2. The van der Waals surface area contributed by atoms with Crippen LogP contribution < -0.4 is 14.8 Å². The maximum atomic E-state index is 13.2. The van der Waals surface area contributed by atoms with E-state index in [1.54, 1.807) is 43.1 Å². The minimum atomic E-state index is -1.70. The van der Waals surface area contributed by atoms with Gasteiger partial charge in [-0.25, -0.2) is 19.6 Å². The van der Waals surface area contributed by atoms with Gasteiger partial charge in [-0.3, -0.25) is 9.36 Å². The first kappa shape index (κ1) is 45.2. The fourth-order valence-electron chi connectivity index (χ4n) is 7.81. The van der Waals surface area contributed by atoms with Gasteiger partial charge in [0.05, 0.1) is 46.3 Å². The molecule has 1 unspecified atom stereocenters. The van der Waals surface area contributed by atoms with Gasteiger partial charge in [0.2, 0.25) is 0 Å². The van der Waals surface area contributed by atoms with Crippen molar-refractivity contribution in [3.63, 3.8) is 0 Å². The Hall–Kier alpha value is -5.82. The van der Waals surface area contributed by atoms with Crippen molar-refractivity contribution >= 4 is 31.4 Å². The molecule has 0 saturated carbocycles. The molecule has 63 heavy (non-hydrogen) atoms. The summed E-state index contributed by atoms with van der Waals surface area (Å²) in [7, 11) is 1.52. The molecule has 1 aliphatic heterocycles. The zero-order valence-corrected chi connectivity index (χ0v) is 37.0. The van der Waals surface area contributed by atoms with E-state index >= 15 is 0 Å². The minimum absolute atomic E-state index is 0.0394. The van der Waals surface area contributed by atoms with Gasteiger partial charge in [0.25, 0.3) is 14.4 Å². The molecule has 1 saturated heterocycles. The Labute approximate surface area is 368 Å². The molecule has 0 radical (unpaired) electrons. The monoisotopic (exact) mass is 873 g/mol. The number of imidazole rings is 1. The van der Waals surface area contributed by atoms with E-state index in [0.29, 0.717) is 28.2 Å². The first-order chi connectivity index (χ1) is 30.6. The largest absolute Gasteiger partial charge is 0.497 e. The van der Waals surface area contributed by atoms with Gasteiger partial charge in [0, 0.05) is 17.6 Å². The van der Waals surface area contributed by atoms with Gasteiger partial charge in [-0.2, -0.15) is 5.26 Å². The number of nitrogens with zero attached hydrogens (tertiary/aromatic N) is 6. The summed E-state index contributed by atoms with van der Waals surface area (Å²) in [6, 6.07) is 36.0. The lowest BCUT2D eigenvalue weighted by atomic mass is 9.79. The third-order valence-electron chi connectivity index (χ3n) is 10.7. The van der Waals surface area contributed by atoms with E-state index in [4.69, 9.17) is 28.0 Å². The van der Waals surface area contributed by atoms with Crippen molar-refractivity contribution in [1.82, 2.24) is 24.2 Å². The number of aliphatic hydroxyl groups excluding tert-OH is 1. The second-order valence-electron chi connectivity index (χ2n) is 15.4. The number of nitrogens with one attached hydrogen (secondary N) is 1. The van der Waals surface area contributed by atoms with Gasteiger partial charge >= 0.3 is 0 Å². The Morgan fingerprint density at radius 3 is 2.02 bits per heavy atom. The molecular weight excluding hydrogens is 822 g/mol. The first-order valence-electron chi connectivity index (χ1n) is 20.7.